The van der Waals surface area contributed by atoms with Gasteiger partial charge in [0.1, 0.15) is 0 Å². The smallest absolute Gasteiger partial charge is 0.0755 e. The zero-order chi connectivity index (χ0) is 35.2. The molecule has 0 amide bonds. The van der Waals surface area contributed by atoms with Crippen molar-refractivity contribution in [3.63, 3.8) is 0 Å². The lowest BCUT2D eigenvalue weighted by Crippen LogP contribution is -2.15. The second-order valence-corrected chi connectivity index (χ2v) is 16.0. The van der Waals surface area contributed by atoms with Crippen LogP contribution in [0.5, 0.6) is 0 Å². The van der Waals surface area contributed by atoms with Crippen LogP contribution < -0.4 is 0 Å². The number of nitrogens with zero attached hydrogens (tertiary/aromatic N) is 2. The number of fused-ring (bicyclic) bond motifs is 8. The standard InChI is InChI=1S/C49H42N2/c1-25-18-27(3)42(28(4)19-25)36-22-32-23-40-45(46-39(49(40,8)9)17-14-31(7)50-46)34-15-16-35-44(43(32)34)37(36)24-38-33-12-10-11-13-41(33)51(48(35)38)47-29(5)20-26(2)21-30(47)6/h10-24H,1-9H3. The van der Waals surface area contributed by atoms with Crippen LogP contribution >= 0.6 is 0 Å². The summed E-state index contributed by atoms with van der Waals surface area (Å²) in [4.78, 5) is 5.22. The summed E-state index contributed by atoms with van der Waals surface area (Å²) in [5.41, 5.74) is 20.4. The number of rotatable bonds is 2. The average molecular weight is 659 g/mol. The average Bonchev–Trinajstić information content (AvgIpc) is 3.50. The van der Waals surface area contributed by atoms with E-state index in [1.807, 2.05) is 0 Å². The van der Waals surface area contributed by atoms with Crippen molar-refractivity contribution < 1.29 is 0 Å². The van der Waals surface area contributed by atoms with Crippen molar-refractivity contribution in [3.8, 4) is 28.1 Å². The van der Waals surface area contributed by atoms with Crippen LogP contribution in [-0.2, 0) is 5.41 Å². The Morgan fingerprint density at radius 3 is 1.92 bits per heavy atom. The molecule has 0 radical (unpaired) electrons. The Morgan fingerprint density at radius 2 is 1.20 bits per heavy atom. The van der Waals surface area contributed by atoms with Crippen LogP contribution in [0.3, 0.4) is 0 Å². The van der Waals surface area contributed by atoms with Gasteiger partial charge >= 0.3 is 0 Å². The van der Waals surface area contributed by atoms with Gasteiger partial charge in [0.2, 0.25) is 0 Å². The minimum absolute atomic E-state index is 0.147. The van der Waals surface area contributed by atoms with Crippen LogP contribution in [0.25, 0.3) is 82.2 Å². The summed E-state index contributed by atoms with van der Waals surface area (Å²) in [7, 11) is 0. The summed E-state index contributed by atoms with van der Waals surface area (Å²) in [6.07, 6.45) is 0. The summed E-state index contributed by atoms with van der Waals surface area (Å²) in [6.45, 7) is 20.4. The van der Waals surface area contributed by atoms with E-state index in [-0.39, 0.29) is 5.41 Å². The lowest BCUT2D eigenvalue weighted by atomic mass is 9.79. The first kappa shape index (κ1) is 30.4. The maximum atomic E-state index is 5.22. The van der Waals surface area contributed by atoms with Crippen molar-refractivity contribution in [3.05, 3.63) is 141 Å². The van der Waals surface area contributed by atoms with Crippen LogP contribution in [0.4, 0.5) is 0 Å². The van der Waals surface area contributed by atoms with Gasteiger partial charge in [0.15, 0.2) is 0 Å². The van der Waals surface area contributed by atoms with Gasteiger partial charge in [-0.1, -0.05) is 85.6 Å². The van der Waals surface area contributed by atoms with Gasteiger partial charge < -0.3 is 4.57 Å². The molecule has 0 N–H and O–H groups in total. The highest BCUT2D eigenvalue weighted by atomic mass is 15.0. The molecule has 0 spiro atoms. The Morgan fingerprint density at radius 1 is 0.529 bits per heavy atom. The maximum absolute atomic E-state index is 5.22. The molecule has 1 aliphatic rings. The predicted molar refractivity (Wildman–Crippen MR) is 218 cm³/mol. The predicted octanol–water partition coefficient (Wildman–Crippen LogP) is 13.2. The third-order valence-corrected chi connectivity index (χ3v) is 12.1. The van der Waals surface area contributed by atoms with E-state index in [9.17, 15) is 0 Å². The van der Waals surface area contributed by atoms with Crippen molar-refractivity contribution in [2.24, 2.45) is 0 Å². The molecular weight excluding hydrogens is 617 g/mol. The van der Waals surface area contributed by atoms with Crippen LogP contribution in [0, 0.1) is 48.5 Å². The van der Waals surface area contributed by atoms with E-state index >= 15 is 0 Å². The molecule has 2 heterocycles. The fraction of sp³-hybridized carbons (Fsp3) is 0.204. The molecule has 0 saturated heterocycles. The summed E-state index contributed by atoms with van der Waals surface area (Å²) in [5.74, 6) is 0. The SMILES string of the molecule is Cc1cc(C)c(-c2cc3cc4c(c5ccc6c(c2cc2c7ccccc7n(-c7c(C)cc(C)cc7C)c26)c35)-c2nc(C)ccc2C4(C)C)c(C)c1. The van der Waals surface area contributed by atoms with Crippen LogP contribution in [0.2, 0.25) is 0 Å². The molecule has 10 rings (SSSR count). The molecule has 2 heteroatoms. The van der Waals surface area contributed by atoms with Gasteiger partial charge in [-0.3, -0.25) is 4.98 Å². The number of pyridine rings is 1. The van der Waals surface area contributed by atoms with Crippen LogP contribution in [-0.4, -0.2) is 9.55 Å². The molecule has 0 unspecified atom stereocenters. The van der Waals surface area contributed by atoms with Gasteiger partial charge in [0.25, 0.3) is 0 Å². The summed E-state index contributed by atoms with van der Waals surface area (Å²) in [6, 6.07) is 35.2. The van der Waals surface area contributed by atoms with Crippen molar-refractivity contribution >= 4 is 54.1 Å². The van der Waals surface area contributed by atoms with Gasteiger partial charge in [-0.25, -0.2) is 0 Å². The molecular formula is C49H42N2. The molecule has 1 aliphatic carbocycles. The van der Waals surface area contributed by atoms with E-state index in [0.717, 1.165) is 11.4 Å². The van der Waals surface area contributed by atoms with Crippen molar-refractivity contribution in [1.29, 1.82) is 0 Å². The molecule has 0 atom stereocenters. The van der Waals surface area contributed by atoms with Crippen molar-refractivity contribution in [1.82, 2.24) is 9.55 Å². The molecule has 2 aromatic heterocycles. The van der Waals surface area contributed by atoms with Gasteiger partial charge in [0, 0.05) is 38.2 Å². The molecule has 51 heavy (non-hydrogen) atoms. The van der Waals surface area contributed by atoms with E-state index in [1.54, 1.807) is 0 Å². The Kier molecular flexibility index (Phi) is 6.00. The third kappa shape index (κ3) is 3.91. The van der Waals surface area contributed by atoms with Crippen LogP contribution in [0.15, 0.2) is 91.0 Å². The number of hydrogen-bond acceptors (Lipinski definition) is 1. The van der Waals surface area contributed by atoms with Crippen molar-refractivity contribution in [2.45, 2.75) is 67.7 Å². The van der Waals surface area contributed by atoms with Gasteiger partial charge in [-0.05, 0) is 145 Å². The largest absolute Gasteiger partial charge is 0.308 e. The normalized spacial score (nSPS) is 13.7. The molecule has 0 bridgehead atoms. The second kappa shape index (κ2) is 10.1. The first-order chi connectivity index (χ1) is 24.4. The minimum atomic E-state index is -0.147. The monoisotopic (exact) mass is 658 g/mol. The van der Waals surface area contributed by atoms with E-state index in [0.29, 0.717) is 0 Å². The molecule has 7 aromatic carbocycles. The highest BCUT2D eigenvalue weighted by Crippen LogP contribution is 2.55. The maximum Gasteiger partial charge on any atom is 0.0755 e. The number of aryl methyl sites for hydroxylation is 7. The highest BCUT2D eigenvalue weighted by molar-refractivity contribution is 6.35. The quantitative estimate of drug-likeness (QED) is 0.169. The Balaban J connectivity index is 1.48. The number of benzene rings is 7. The number of hydrogen-bond donors (Lipinski definition) is 0. The summed E-state index contributed by atoms with van der Waals surface area (Å²) >= 11 is 0. The third-order valence-electron chi connectivity index (χ3n) is 12.1. The van der Waals surface area contributed by atoms with E-state index < -0.39 is 0 Å². The zero-order valence-corrected chi connectivity index (χ0v) is 31.1. The van der Waals surface area contributed by atoms with E-state index in [1.165, 1.54) is 121 Å². The molecule has 2 nitrogen and oxygen atoms in total. The van der Waals surface area contributed by atoms with Gasteiger partial charge in [0.05, 0.1) is 22.4 Å². The summed E-state index contributed by atoms with van der Waals surface area (Å²) in [5, 5.41) is 10.5. The van der Waals surface area contributed by atoms with E-state index in [2.05, 4.69) is 158 Å². The Labute approximate surface area is 299 Å². The van der Waals surface area contributed by atoms with Gasteiger partial charge in [-0.15, -0.1) is 0 Å². The fourth-order valence-corrected chi connectivity index (χ4v) is 10.2. The lowest BCUT2D eigenvalue weighted by molar-refractivity contribution is 0.659. The molecule has 0 saturated carbocycles. The van der Waals surface area contributed by atoms with E-state index in [4.69, 9.17) is 4.98 Å². The first-order valence-electron chi connectivity index (χ1n) is 18.3. The minimum Gasteiger partial charge on any atom is -0.308 e. The number of aromatic nitrogens is 2. The molecule has 248 valence electrons. The fourth-order valence-electron chi connectivity index (χ4n) is 10.2. The molecule has 9 aromatic rings. The second-order valence-electron chi connectivity index (χ2n) is 16.0. The number of para-hydroxylation sites is 1. The van der Waals surface area contributed by atoms with Gasteiger partial charge in [-0.2, -0.15) is 0 Å². The molecule has 0 fully saturated rings. The van der Waals surface area contributed by atoms with Crippen LogP contribution in [0.1, 0.15) is 64.0 Å². The first-order valence-corrected chi connectivity index (χ1v) is 18.3. The topological polar surface area (TPSA) is 17.8 Å². The van der Waals surface area contributed by atoms with Crippen molar-refractivity contribution in [2.75, 3.05) is 0 Å². The highest BCUT2D eigenvalue weighted by Gasteiger charge is 2.38. The Hall–Kier alpha value is -5.47. The lowest BCUT2D eigenvalue weighted by Gasteiger charge is -2.24. The summed E-state index contributed by atoms with van der Waals surface area (Å²) < 4.78 is 2.57. The zero-order valence-electron chi connectivity index (χ0n) is 31.1. The Bertz CT molecular complexity index is 2960. The molecule has 0 aliphatic heterocycles.